The summed E-state index contributed by atoms with van der Waals surface area (Å²) in [5, 5.41) is -0.290. The molecule has 3 unspecified atom stereocenters. The van der Waals surface area contributed by atoms with Crippen LogP contribution in [0.5, 0.6) is 5.75 Å². The molecule has 0 spiro atoms. The Morgan fingerprint density at radius 1 is 0.882 bits per heavy atom. The molecular formula is C22H22F6NO4P. The number of hydrogen-bond acceptors (Lipinski definition) is 5. The van der Waals surface area contributed by atoms with Gasteiger partial charge in [-0.2, -0.15) is 8.78 Å². The summed E-state index contributed by atoms with van der Waals surface area (Å²) in [6.45, 7) is 0.976. The average molecular weight is 509 g/mol. The molecule has 34 heavy (non-hydrogen) atoms. The summed E-state index contributed by atoms with van der Waals surface area (Å²) in [6, 6.07) is 2.51. The van der Waals surface area contributed by atoms with E-state index >= 15 is 0 Å². The van der Waals surface area contributed by atoms with Crippen LogP contribution in [0.1, 0.15) is 30.3 Å². The molecule has 2 N–H and O–H groups in total. The molecule has 0 bridgehead atoms. The fourth-order valence-corrected chi connectivity index (χ4v) is 4.47. The van der Waals surface area contributed by atoms with Crippen LogP contribution in [0, 0.1) is 29.2 Å². The second-order valence-corrected chi connectivity index (χ2v) is 8.88. The minimum Gasteiger partial charge on any atom is -0.429 e. The van der Waals surface area contributed by atoms with Crippen molar-refractivity contribution in [1.82, 2.24) is 0 Å². The molecule has 12 heteroatoms. The molecule has 186 valence electrons. The molecule has 2 aromatic rings. The summed E-state index contributed by atoms with van der Waals surface area (Å²) >= 11 is 0. The standard InChI is InChI=1S/C22H22F6NO4P/c23-14-3-10(21-31-7-11(8-32-21)17-2-1-12(29)9-30-17)4-18(34)19(14)22(27,28)33-13-5-15(24)20(26)16(25)6-13/h3-6,11-12,17,21H,1-2,7-9,29,34H2. The van der Waals surface area contributed by atoms with Crippen LogP contribution in [0.2, 0.25) is 0 Å². The van der Waals surface area contributed by atoms with Gasteiger partial charge in [-0.05, 0) is 30.3 Å². The van der Waals surface area contributed by atoms with Crippen LogP contribution in [0.3, 0.4) is 0 Å². The van der Waals surface area contributed by atoms with E-state index in [-0.39, 0.29) is 54.3 Å². The van der Waals surface area contributed by atoms with Crippen LogP contribution in [0.4, 0.5) is 26.3 Å². The van der Waals surface area contributed by atoms with Crippen molar-refractivity contribution in [1.29, 1.82) is 0 Å². The second kappa shape index (κ2) is 9.99. The van der Waals surface area contributed by atoms with E-state index in [1.54, 1.807) is 0 Å². The Hall–Kier alpha value is -1.91. The molecule has 2 fully saturated rings. The molecule has 0 radical (unpaired) electrons. The minimum absolute atomic E-state index is 0.000368. The van der Waals surface area contributed by atoms with Gasteiger partial charge in [0.25, 0.3) is 0 Å². The van der Waals surface area contributed by atoms with E-state index in [4.69, 9.17) is 19.9 Å². The van der Waals surface area contributed by atoms with Gasteiger partial charge in [-0.3, -0.25) is 0 Å². The third-order valence-electron chi connectivity index (χ3n) is 5.71. The highest BCUT2D eigenvalue weighted by atomic mass is 31.0. The molecule has 0 amide bonds. The van der Waals surface area contributed by atoms with Gasteiger partial charge >= 0.3 is 6.11 Å². The molecule has 3 atom stereocenters. The fourth-order valence-electron chi connectivity index (χ4n) is 3.97. The van der Waals surface area contributed by atoms with Gasteiger partial charge in [-0.25, -0.2) is 17.6 Å². The summed E-state index contributed by atoms with van der Waals surface area (Å²) in [6.07, 6.45) is -3.80. The normalized spacial score (nSPS) is 25.9. The summed E-state index contributed by atoms with van der Waals surface area (Å²) < 4.78 is 105. The largest absolute Gasteiger partial charge is 0.430 e. The fraction of sp³-hybridized carbons (Fsp3) is 0.455. The summed E-state index contributed by atoms with van der Waals surface area (Å²) in [4.78, 5) is 0. The van der Waals surface area contributed by atoms with Gasteiger partial charge in [-0.1, -0.05) is 0 Å². The SMILES string of the molecule is NC1CCC(C2COC(c3cc(F)c(C(F)(F)Oc4cc(F)c(F)c(F)c4)c(P)c3)OC2)OC1. The van der Waals surface area contributed by atoms with Crippen LogP contribution in [0.15, 0.2) is 24.3 Å². The predicted molar refractivity (Wildman–Crippen MR) is 112 cm³/mol. The Bertz CT molecular complexity index is 996. The predicted octanol–water partition coefficient (Wildman–Crippen LogP) is 4.04. The van der Waals surface area contributed by atoms with Crippen molar-refractivity contribution in [3.05, 3.63) is 58.7 Å². The topological polar surface area (TPSA) is 62.9 Å². The van der Waals surface area contributed by atoms with Crippen molar-refractivity contribution in [2.45, 2.75) is 37.4 Å². The van der Waals surface area contributed by atoms with Crippen molar-refractivity contribution in [3.8, 4) is 5.75 Å². The highest BCUT2D eigenvalue weighted by Gasteiger charge is 2.41. The van der Waals surface area contributed by atoms with E-state index in [9.17, 15) is 26.3 Å². The molecule has 2 heterocycles. The highest BCUT2D eigenvalue weighted by molar-refractivity contribution is 7.27. The van der Waals surface area contributed by atoms with Gasteiger partial charge in [-0.15, -0.1) is 9.24 Å². The molecule has 0 aliphatic carbocycles. The Morgan fingerprint density at radius 2 is 1.53 bits per heavy atom. The lowest BCUT2D eigenvalue weighted by atomic mass is 9.95. The van der Waals surface area contributed by atoms with Crippen LogP contribution in [-0.2, 0) is 20.3 Å². The van der Waals surface area contributed by atoms with E-state index in [1.807, 2.05) is 9.24 Å². The number of benzene rings is 2. The maximum Gasteiger partial charge on any atom is 0.430 e. The maximum absolute atomic E-state index is 14.8. The van der Waals surface area contributed by atoms with Crippen molar-refractivity contribution in [2.75, 3.05) is 19.8 Å². The number of hydrogen-bond donors (Lipinski definition) is 1. The molecule has 2 saturated heterocycles. The zero-order valence-corrected chi connectivity index (χ0v) is 18.9. The smallest absolute Gasteiger partial charge is 0.429 e. The first-order valence-electron chi connectivity index (χ1n) is 10.5. The van der Waals surface area contributed by atoms with E-state index in [1.165, 1.54) is 6.07 Å². The third kappa shape index (κ3) is 5.33. The van der Waals surface area contributed by atoms with Crippen LogP contribution < -0.4 is 15.8 Å². The molecule has 0 saturated carbocycles. The van der Waals surface area contributed by atoms with Gasteiger partial charge in [0.1, 0.15) is 17.1 Å². The number of ether oxygens (including phenoxy) is 4. The Kier molecular flexibility index (Phi) is 7.40. The zero-order chi connectivity index (χ0) is 24.6. The first-order chi connectivity index (χ1) is 16.0. The number of nitrogens with two attached hydrogens (primary N) is 1. The van der Waals surface area contributed by atoms with Gasteiger partial charge in [0.05, 0.1) is 25.9 Å². The first kappa shape index (κ1) is 25.2. The lowest BCUT2D eigenvalue weighted by Crippen LogP contribution is -2.43. The van der Waals surface area contributed by atoms with E-state index in [0.717, 1.165) is 18.9 Å². The van der Waals surface area contributed by atoms with Crippen molar-refractivity contribution in [2.24, 2.45) is 11.7 Å². The van der Waals surface area contributed by atoms with Gasteiger partial charge in [0.2, 0.25) is 0 Å². The minimum atomic E-state index is -4.32. The number of halogens is 6. The van der Waals surface area contributed by atoms with Gasteiger partial charge < -0.3 is 24.7 Å². The van der Waals surface area contributed by atoms with Crippen molar-refractivity contribution in [3.63, 3.8) is 0 Å². The molecule has 2 aromatic carbocycles. The molecular weight excluding hydrogens is 487 g/mol. The van der Waals surface area contributed by atoms with Gasteiger partial charge in [0, 0.05) is 29.7 Å². The van der Waals surface area contributed by atoms with Crippen LogP contribution >= 0.6 is 9.24 Å². The highest BCUT2D eigenvalue weighted by Crippen LogP contribution is 2.36. The first-order valence-corrected chi connectivity index (χ1v) is 11.0. The average Bonchev–Trinajstić information content (AvgIpc) is 2.77. The molecule has 2 aliphatic rings. The Balaban J connectivity index is 1.47. The van der Waals surface area contributed by atoms with Crippen molar-refractivity contribution < 1.29 is 45.3 Å². The summed E-state index contributed by atoms with van der Waals surface area (Å²) in [5.41, 5.74) is 4.81. The zero-order valence-electron chi connectivity index (χ0n) is 17.7. The third-order valence-corrected chi connectivity index (χ3v) is 6.16. The van der Waals surface area contributed by atoms with Gasteiger partial charge in [0.15, 0.2) is 23.7 Å². The van der Waals surface area contributed by atoms with E-state index in [2.05, 4.69) is 4.74 Å². The molecule has 2 aliphatic heterocycles. The monoisotopic (exact) mass is 509 g/mol. The molecule has 4 rings (SSSR count). The van der Waals surface area contributed by atoms with E-state index < -0.39 is 47.0 Å². The lowest BCUT2D eigenvalue weighted by Gasteiger charge is -2.37. The summed E-state index contributed by atoms with van der Waals surface area (Å²) in [5.74, 6) is -7.69. The van der Waals surface area contributed by atoms with Crippen LogP contribution in [0.25, 0.3) is 0 Å². The second-order valence-electron chi connectivity index (χ2n) is 8.25. The van der Waals surface area contributed by atoms with Crippen LogP contribution in [-0.4, -0.2) is 32.0 Å². The van der Waals surface area contributed by atoms with E-state index in [0.29, 0.717) is 6.61 Å². The molecule has 0 aromatic heterocycles. The lowest BCUT2D eigenvalue weighted by molar-refractivity contribution is -0.226. The molecule has 5 nitrogen and oxygen atoms in total. The number of rotatable bonds is 5. The van der Waals surface area contributed by atoms with Crippen molar-refractivity contribution >= 4 is 14.5 Å². The maximum atomic E-state index is 14.8. The Labute approximate surface area is 193 Å². The quantitative estimate of drug-likeness (QED) is 0.375. The Morgan fingerprint density at radius 3 is 2.09 bits per heavy atom. The number of alkyl halides is 2. The summed E-state index contributed by atoms with van der Waals surface area (Å²) in [7, 11) is 1.96.